The smallest absolute Gasteiger partial charge is 0.221 e. The predicted molar refractivity (Wildman–Crippen MR) is 86.8 cm³/mol. The van der Waals surface area contributed by atoms with E-state index in [9.17, 15) is 18.4 Å². The Morgan fingerprint density at radius 2 is 1.74 bits per heavy atom. The summed E-state index contributed by atoms with van der Waals surface area (Å²) >= 11 is 0.968. The molecule has 3 nitrogen and oxygen atoms in total. The molecule has 0 unspecified atom stereocenters. The monoisotopic (exact) mass is 335 g/mol. The van der Waals surface area contributed by atoms with Crippen LogP contribution >= 0.6 is 11.8 Å². The highest BCUT2D eigenvalue weighted by atomic mass is 32.2. The van der Waals surface area contributed by atoms with Crippen molar-refractivity contribution in [2.75, 3.05) is 5.32 Å². The van der Waals surface area contributed by atoms with E-state index >= 15 is 0 Å². The van der Waals surface area contributed by atoms with E-state index in [4.69, 9.17) is 0 Å². The normalized spacial score (nSPS) is 11.8. The number of amides is 1. The van der Waals surface area contributed by atoms with Gasteiger partial charge in [0, 0.05) is 23.1 Å². The Kier molecular flexibility index (Phi) is 5.50. The molecule has 6 heteroatoms. The van der Waals surface area contributed by atoms with E-state index in [1.165, 1.54) is 6.92 Å². The molecule has 0 aliphatic heterocycles. The van der Waals surface area contributed by atoms with Crippen molar-refractivity contribution in [1.82, 2.24) is 0 Å². The largest absolute Gasteiger partial charge is 0.326 e. The van der Waals surface area contributed by atoms with E-state index in [1.54, 1.807) is 31.2 Å². The standard InChI is InChI=1S/C17H15F2NO2S/c1-10(23-16-9-13(18)5-8-15(16)19)17(22)12-3-6-14(7-4-12)20-11(2)21/h3-10H,1-2H3,(H,20,21)/t10-/m0/s1. The maximum absolute atomic E-state index is 13.6. The zero-order valence-corrected chi connectivity index (χ0v) is 13.4. The molecule has 0 heterocycles. The summed E-state index contributed by atoms with van der Waals surface area (Å²) in [5.41, 5.74) is 1.03. The summed E-state index contributed by atoms with van der Waals surface area (Å²) in [6.07, 6.45) is 0. The second-order valence-electron chi connectivity index (χ2n) is 4.96. The van der Waals surface area contributed by atoms with Crippen molar-refractivity contribution in [1.29, 1.82) is 0 Å². The molecule has 0 bridgehead atoms. The quantitative estimate of drug-likeness (QED) is 0.655. The first kappa shape index (κ1) is 17.1. The number of carbonyl (C=O) groups excluding carboxylic acids is 2. The van der Waals surface area contributed by atoms with Crippen LogP contribution in [-0.4, -0.2) is 16.9 Å². The van der Waals surface area contributed by atoms with Crippen LogP contribution in [0.2, 0.25) is 0 Å². The van der Waals surface area contributed by atoms with Gasteiger partial charge in [0.25, 0.3) is 0 Å². The number of halogens is 2. The molecule has 0 saturated carbocycles. The van der Waals surface area contributed by atoms with Crippen LogP contribution in [0, 0.1) is 11.6 Å². The van der Waals surface area contributed by atoms with Crippen LogP contribution < -0.4 is 5.32 Å². The van der Waals surface area contributed by atoms with Gasteiger partial charge in [0.15, 0.2) is 5.78 Å². The van der Waals surface area contributed by atoms with Crippen molar-refractivity contribution in [3.05, 3.63) is 59.7 Å². The topological polar surface area (TPSA) is 46.2 Å². The number of nitrogens with one attached hydrogen (secondary N) is 1. The molecule has 0 radical (unpaired) electrons. The molecule has 0 aromatic heterocycles. The predicted octanol–water partition coefficient (Wildman–Crippen LogP) is 4.29. The highest BCUT2D eigenvalue weighted by molar-refractivity contribution is 8.00. The second-order valence-corrected chi connectivity index (χ2v) is 6.34. The van der Waals surface area contributed by atoms with Crippen molar-refractivity contribution in [2.24, 2.45) is 0 Å². The molecule has 1 N–H and O–H groups in total. The number of benzene rings is 2. The van der Waals surface area contributed by atoms with Crippen molar-refractivity contribution >= 4 is 29.1 Å². The van der Waals surface area contributed by atoms with Crippen LogP contribution in [0.3, 0.4) is 0 Å². The molecule has 0 aliphatic carbocycles. The molecular formula is C17H15F2NO2S. The lowest BCUT2D eigenvalue weighted by Gasteiger charge is -2.11. The summed E-state index contributed by atoms with van der Waals surface area (Å²) in [5, 5.41) is 2.04. The summed E-state index contributed by atoms with van der Waals surface area (Å²) in [6, 6.07) is 9.57. The maximum Gasteiger partial charge on any atom is 0.221 e. The van der Waals surface area contributed by atoms with Crippen molar-refractivity contribution < 1.29 is 18.4 Å². The van der Waals surface area contributed by atoms with Gasteiger partial charge < -0.3 is 5.32 Å². The summed E-state index contributed by atoms with van der Waals surface area (Å²) in [6.45, 7) is 3.03. The molecule has 2 aromatic carbocycles. The Bertz CT molecular complexity index is 732. The molecule has 1 atom stereocenters. The van der Waals surface area contributed by atoms with E-state index in [2.05, 4.69) is 5.32 Å². The Labute approximate surface area is 137 Å². The first-order valence-corrected chi connectivity index (χ1v) is 7.78. The number of rotatable bonds is 5. The maximum atomic E-state index is 13.6. The second kappa shape index (κ2) is 7.37. The van der Waals surface area contributed by atoms with E-state index in [1.807, 2.05) is 0 Å². The van der Waals surface area contributed by atoms with Gasteiger partial charge in [0.1, 0.15) is 11.6 Å². The third kappa shape index (κ3) is 4.63. The van der Waals surface area contributed by atoms with E-state index in [-0.39, 0.29) is 16.6 Å². The lowest BCUT2D eigenvalue weighted by Crippen LogP contribution is -2.14. The number of Topliss-reactive ketones (excluding diaryl/α,β-unsaturated/α-hetero) is 1. The van der Waals surface area contributed by atoms with Crippen LogP contribution in [0.15, 0.2) is 47.4 Å². The van der Waals surface area contributed by atoms with Crippen LogP contribution in [0.1, 0.15) is 24.2 Å². The van der Waals surface area contributed by atoms with Gasteiger partial charge in [-0.15, -0.1) is 11.8 Å². The fraction of sp³-hybridized carbons (Fsp3) is 0.176. The van der Waals surface area contributed by atoms with Gasteiger partial charge >= 0.3 is 0 Å². The molecule has 1 amide bonds. The average molecular weight is 335 g/mol. The zero-order valence-electron chi connectivity index (χ0n) is 12.6. The Balaban J connectivity index is 2.10. The van der Waals surface area contributed by atoms with Crippen molar-refractivity contribution in [3.63, 3.8) is 0 Å². The fourth-order valence-corrected chi connectivity index (χ4v) is 2.95. The van der Waals surface area contributed by atoms with Gasteiger partial charge in [0.2, 0.25) is 5.91 Å². The molecular weight excluding hydrogens is 320 g/mol. The average Bonchev–Trinajstić information content (AvgIpc) is 2.50. The zero-order chi connectivity index (χ0) is 17.0. The Morgan fingerprint density at radius 3 is 2.35 bits per heavy atom. The highest BCUT2D eigenvalue weighted by Gasteiger charge is 2.18. The minimum atomic E-state index is -0.571. The third-order valence-electron chi connectivity index (χ3n) is 3.06. The number of anilines is 1. The third-order valence-corrected chi connectivity index (χ3v) is 4.19. The van der Waals surface area contributed by atoms with E-state index in [0.29, 0.717) is 11.3 Å². The molecule has 0 spiro atoms. The van der Waals surface area contributed by atoms with Gasteiger partial charge in [-0.2, -0.15) is 0 Å². The molecule has 2 aromatic rings. The Morgan fingerprint density at radius 1 is 1.09 bits per heavy atom. The van der Waals surface area contributed by atoms with Gasteiger partial charge in [-0.05, 0) is 49.4 Å². The van der Waals surface area contributed by atoms with Gasteiger partial charge in [-0.25, -0.2) is 8.78 Å². The van der Waals surface area contributed by atoms with Crippen molar-refractivity contribution in [2.45, 2.75) is 24.0 Å². The summed E-state index contributed by atoms with van der Waals surface area (Å²) in [7, 11) is 0. The summed E-state index contributed by atoms with van der Waals surface area (Å²) in [5.74, 6) is -1.51. The van der Waals surface area contributed by atoms with E-state index < -0.39 is 16.9 Å². The molecule has 0 fully saturated rings. The molecule has 2 rings (SSSR count). The fourth-order valence-electron chi connectivity index (χ4n) is 1.97. The molecule has 120 valence electrons. The van der Waals surface area contributed by atoms with Crippen LogP contribution in [0.4, 0.5) is 14.5 Å². The summed E-state index contributed by atoms with van der Waals surface area (Å²) < 4.78 is 26.8. The van der Waals surface area contributed by atoms with Crippen LogP contribution in [-0.2, 0) is 4.79 Å². The lowest BCUT2D eigenvalue weighted by atomic mass is 10.1. The van der Waals surface area contributed by atoms with Crippen LogP contribution in [0.5, 0.6) is 0 Å². The number of thioether (sulfide) groups is 1. The van der Waals surface area contributed by atoms with Gasteiger partial charge in [-0.1, -0.05) is 0 Å². The highest BCUT2D eigenvalue weighted by Crippen LogP contribution is 2.28. The molecule has 0 aliphatic rings. The number of carbonyl (C=O) groups is 2. The minimum Gasteiger partial charge on any atom is -0.326 e. The first-order chi connectivity index (χ1) is 10.9. The van der Waals surface area contributed by atoms with Crippen LogP contribution in [0.25, 0.3) is 0 Å². The lowest BCUT2D eigenvalue weighted by molar-refractivity contribution is -0.114. The van der Waals surface area contributed by atoms with Gasteiger partial charge in [0.05, 0.1) is 5.25 Å². The minimum absolute atomic E-state index is 0.0979. The number of hydrogen-bond acceptors (Lipinski definition) is 3. The van der Waals surface area contributed by atoms with E-state index in [0.717, 1.165) is 30.0 Å². The number of ketones is 1. The molecule has 0 saturated heterocycles. The van der Waals surface area contributed by atoms with Gasteiger partial charge in [-0.3, -0.25) is 9.59 Å². The summed E-state index contributed by atoms with van der Waals surface area (Å²) in [4.78, 5) is 23.4. The SMILES string of the molecule is CC(=O)Nc1ccc(C(=O)[C@H](C)Sc2cc(F)ccc2F)cc1. The first-order valence-electron chi connectivity index (χ1n) is 6.90. The van der Waals surface area contributed by atoms with Crippen molar-refractivity contribution in [3.8, 4) is 0 Å². The molecule has 23 heavy (non-hydrogen) atoms. The Hall–Kier alpha value is -2.21. The number of hydrogen-bond donors (Lipinski definition) is 1.